The van der Waals surface area contributed by atoms with Crippen LogP contribution in [0.3, 0.4) is 0 Å². The fourth-order valence-corrected chi connectivity index (χ4v) is 4.71. The summed E-state index contributed by atoms with van der Waals surface area (Å²) in [5.74, 6) is 0.941. The molecule has 204 valence electrons. The van der Waals surface area contributed by atoms with Crippen molar-refractivity contribution in [1.29, 1.82) is 0 Å². The average Bonchev–Trinajstić information content (AvgIpc) is 2.92. The monoisotopic (exact) mass is 546 g/mol. The second-order valence-corrected chi connectivity index (χ2v) is 11.5. The van der Waals surface area contributed by atoms with Crippen molar-refractivity contribution in [3.05, 3.63) is 84.1 Å². The predicted molar refractivity (Wildman–Crippen MR) is 153 cm³/mol. The van der Waals surface area contributed by atoms with Gasteiger partial charge in [-0.15, -0.1) is 0 Å². The minimum atomic E-state index is -3.54. The molecule has 2 heterocycles. The lowest BCUT2D eigenvalue weighted by Gasteiger charge is -2.11. The summed E-state index contributed by atoms with van der Waals surface area (Å²) in [4.78, 5) is 26.1. The molecule has 9 heteroatoms. The van der Waals surface area contributed by atoms with E-state index in [4.69, 9.17) is 4.18 Å². The van der Waals surface area contributed by atoms with E-state index in [1.165, 1.54) is 5.56 Å². The molecule has 0 saturated heterocycles. The Morgan fingerprint density at radius 3 is 2.51 bits per heavy atom. The Hall–Kier alpha value is -3.69. The SMILES string of the molecule is C[C@@H](CCCC(=O)Nc1ccc2ncc(-c3cccc(COS(C)(=O)=O)c3)nc2n1)CCCc1ccccc1. The van der Waals surface area contributed by atoms with Crippen LogP contribution < -0.4 is 5.32 Å². The zero-order valence-electron chi connectivity index (χ0n) is 22.3. The highest BCUT2D eigenvalue weighted by Crippen LogP contribution is 2.22. The largest absolute Gasteiger partial charge is 0.311 e. The van der Waals surface area contributed by atoms with Crippen molar-refractivity contribution in [2.45, 2.75) is 52.1 Å². The molecule has 4 aromatic rings. The van der Waals surface area contributed by atoms with E-state index in [1.807, 2.05) is 12.1 Å². The third-order valence-electron chi connectivity index (χ3n) is 6.44. The summed E-state index contributed by atoms with van der Waals surface area (Å²) in [7, 11) is -3.54. The van der Waals surface area contributed by atoms with Crippen molar-refractivity contribution in [3.8, 4) is 11.3 Å². The number of aromatic nitrogens is 3. The van der Waals surface area contributed by atoms with Crippen LogP contribution in [0.2, 0.25) is 0 Å². The summed E-state index contributed by atoms with van der Waals surface area (Å²) in [5, 5.41) is 2.88. The summed E-state index contributed by atoms with van der Waals surface area (Å²) in [5.41, 5.74) is 4.43. The maximum absolute atomic E-state index is 12.5. The number of amides is 1. The summed E-state index contributed by atoms with van der Waals surface area (Å²) >= 11 is 0. The van der Waals surface area contributed by atoms with E-state index in [2.05, 4.69) is 51.5 Å². The molecule has 0 bridgehead atoms. The van der Waals surface area contributed by atoms with Gasteiger partial charge in [0.25, 0.3) is 10.1 Å². The van der Waals surface area contributed by atoms with Gasteiger partial charge in [0.15, 0.2) is 5.65 Å². The lowest BCUT2D eigenvalue weighted by molar-refractivity contribution is -0.116. The van der Waals surface area contributed by atoms with Crippen LogP contribution in [0, 0.1) is 5.92 Å². The van der Waals surface area contributed by atoms with Crippen molar-refractivity contribution in [2.75, 3.05) is 11.6 Å². The van der Waals surface area contributed by atoms with E-state index in [-0.39, 0.29) is 12.5 Å². The van der Waals surface area contributed by atoms with Crippen LogP contribution in [0.25, 0.3) is 22.4 Å². The smallest absolute Gasteiger partial charge is 0.264 e. The maximum atomic E-state index is 12.5. The van der Waals surface area contributed by atoms with E-state index in [1.54, 1.807) is 36.5 Å². The van der Waals surface area contributed by atoms with Crippen molar-refractivity contribution in [1.82, 2.24) is 15.0 Å². The fourth-order valence-electron chi connectivity index (χ4n) is 4.36. The number of rotatable bonds is 13. The van der Waals surface area contributed by atoms with Crippen LogP contribution in [0.4, 0.5) is 5.82 Å². The van der Waals surface area contributed by atoms with E-state index in [0.717, 1.165) is 43.9 Å². The number of nitrogens with one attached hydrogen (secondary N) is 1. The molecule has 1 N–H and O–H groups in total. The van der Waals surface area contributed by atoms with Crippen LogP contribution in [-0.4, -0.2) is 35.5 Å². The van der Waals surface area contributed by atoms with Crippen LogP contribution in [-0.2, 0) is 32.1 Å². The number of hydrogen-bond acceptors (Lipinski definition) is 7. The molecule has 0 saturated carbocycles. The van der Waals surface area contributed by atoms with Gasteiger partial charge in [-0.05, 0) is 54.5 Å². The summed E-state index contributed by atoms with van der Waals surface area (Å²) in [6.07, 6.45) is 8.33. The Bertz CT molecular complexity index is 1510. The van der Waals surface area contributed by atoms with Gasteiger partial charge in [-0.3, -0.25) is 14.0 Å². The molecule has 0 aliphatic heterocycles. The third kappa shape index (κ3) is 9.23. The first-order valence-corrected chi connectivity index (χ1v) is 15.0. The third-order valence-corrected chi connectivity index (χ3v) is 6.99. The van der Waals surface area contributed by atoms with Crippen LogP contribution >= 0.6 is 0 Å². The molecule has 1 amide bonds. The molecule has 2 aromatic carbocycles. The number of fused-ring (bicyclic) bond motifs is 1. The minimum absolute atomic E-state index is 0.0609. The molecule has 0 spiro atoms. The Balaban J connectivity index is 1.29. The van der Waals surface area contributed by atoms with Gasteiger partial charge in [0, 0.05) is 12.0 Å². The maximum Gasteiger partial charge on any atom is 0.264 e. The minimum Gasteiger partial charge on any atom is -0.311 e. The van der Waals surface area contributed by atoms with Gasteiger partial charge >= 0.3 is 0 Å². The first kappa shape index (κ1) is 28.3. The van der Waals surface area contributed by atoms with E-state index >= 15 is 0 Å². The summed E-state index contributed by atoms with van der Waals surface area (Å²) < 4.78 is 27.5. The first-order chi connectivity index (χ1) is 18.7. The number of aryl methyl sites for hydroxylation is 1. The highest BCUT2D eigenvalue weighted by Gasteiger charge is 2.10. The van der Waals surface area contributed by atoms with Crippen LogP contribution in [0.1, 0.15) is 50.2 Å². The normalized spacial score (nSPS) is 12.4. The fraction of sp³-hybridized carbons (Fsp3) is 0.333. The Labute approximate surface area is 230 Å². The molecular formula is C30H34N4O4S. The molecule has 0 unspecified atom stereocenters. The van der Waals surface area contributed by atoms with Gasteiger partial charge in [0.05, 0.1) is 24.8 Å². The number of benzene rings is 2. The molecule has 8 nitrogen and oxygen atoms in total. The molecule has 0 fully saturated rings. The lowest BCUT2D eigenvalue weighted by Crippen LogP contribution is -2.13. The number of carbonyl (C=O) groups is 1. The zero-order chi connectivity index (χ0) is 27.7. The summed E-state index contributed by atoms with van der Waals surface area (Å²) in [6, 6.07) is 21.3. The van der Waals surface area contributed by atoms with Gasteiger partial charge in [-0.2, -0.15) is 8.42 Å². The van der Waals surface area contributed by atoms with E-state index in [0.29, 0.717) is 40.6 Å². The van der Waals surface area contributed by atoms with Crippen LogP contribution in [0.15, 0.2) is 72.9 Å². The number of carbonyl (C=O) groups excluding carboxylic acids is 1. The van der Waals surface area contributed by atoms with Gasteiger partial charge in [0.1, 0.15) is 11.3 Å². The highest BCUT2D eigenvalue weighted by atomic mass is 32.2. The number of anilines is 1. The van der Waals surface area contributed by atoms with E-state index in [9.17, 15) is 13.2 Å². The molecule has 39 heavy (non-hydrogen) atoms. The lowest BCUT2D eigenvalue weighted by atomic mass is 9.96. The molecule has 4 rings (SSSR count). The Morgan fingerprint density at radius 1 is 0.949 bits per heavy atom. The highest BCUT2D eigenvalue weighted by molar-refractivity contribution is 7.85. The van der Waals surface area contributed by atoms with Gasteiger partial charge in [0.2, 0.25) is 5.91 Å². The van der Waals surface area contributed by atoms with Gasteiger partial charge in [-0.25, -0.2) is 9.97 Å². The number of pyridine rings is 1. The zero-order valence-corrected chi connectivity index (χ0v) is 23.2. The van der Waals surface area contributed by atoms with Gasteiger partial charge < -0.3 is 5.32 Å². The summed E-state index contributed by atoms with van der Waals surface area (Å²) in [6.45, 7) is 2.19. The van der Waals surface area contributed by atoms with Crippen molar-refractivity contribution in [3.63, 3.8) is 0 Å². The quantitative estimate of drug-likeness (QED) is 0.207. The number of nitrogens with zero attached hydrogens (tertiary/aromatic N) is 3. The number of hydrogen-bond donors (Lipinski definition) is 1. The van der Waals surface area contributed by atoms with E-state index < -0.39 is 10.1 Å². The van der Waals surface area contributed by atoms with Crippen molar-refractivity contribution in [2.24, 2.45) is 5.92 Å². The van der Waals surface area contributed by atoms with Crippen LogP contribution in [0.5, 0.6) is 0 Å². The second kappa shape index (κ2) is 13.4. The second-order valence-electron chi connectivity index (χ2n) is 9.88. The molecule has 0 aliphatic rings. The first-order valence-electron chi connectivity index (χ1n) is 13.2. The van der Waals surface area contributed by atoms with Crippen molar-refractivity contribution >= 4 is 33.0 Å². The van der Waals surface area contributed by atoms with Gasteiger partial charge in [-0.1, -0.05) is 68.3 Å². The molecule has 0 radical (unpaired) electrons. The Morgan fingerprint density at radius 2 is 1.72 bits per heavy atom. The topological polar surface area (TPSA) is 111 Å². The molecule has 2 aromatic heterocycles. The molecule has 0 aliphatic carbocycles. The van der Waals surface area contributed by atoms with Crippen molar-refractivity contribution < 1.29 is 17.4 Å². The standard InChI is InChI=1S/C30H34N4O4S/c1-22(9-6-13-23-11-4-3-5-12-23)10-7-16-29(35)33-28-18-17-26-30(34-28)32-27(20-31-26)25-15-8-14-24(19-25)21-38-39(2,36)37/h3-5,8,11-12,14-15,17-20,22H,6-7,9-10,13,16,21H2,1-2H3,(H,32,33,34,35)/t22-/m1/s1. The predicted octanol–water partition coefficient (Wildman–Crippen LogP) is 5.94. The Kier molecular flexibility index (Phi) is 9.73. The molecular weight excluding hydrogens is 512 g/mol. The average molecular weight is 547 g/mol. The molecule has 1 atom stereocenters.